The molecule has 1 N–H and O–H groups in total. The molecule has 4 nitrogen and oxygen atoms in total. The van der Waals surface area contributed by atoms with Gasteiger partial charge in [-0.1, -0.05) is 0 Å². The topological polar surface area (TPSA) is 55.8 Å². The normalized spacial score (nSPS) is 14.9. The molecule has 170 valence electrons. The van der Waals surface area contributed by atoms with E-state index in [4.69, 9.17) is 9.05 Å². The van der Waals surface area contributed by atoms with E-state index in [9.17, 15) is 9.90 Å². The number of aliphatic hydroxyl groups excluding tert-OH is 1. The van der Waals surface area contributed by atoms with E-state index in [-0.39, 0.29) is 12.0 Å². The van der Waals surface area contributed by atoms with E-state index in [1.165, 1.54) is 0 Å². The van der Waals surface area contributed by atoms with Crippen molar-refractivity contribution in [2.45, 2.75) is 45.8 Å². The van der Waals surface area contributed by atoms with Crippen LogP contribution in [0.15, 0.2) is 91.0 Å². The van der Waals surface area contributed by atoms with Gasteiger partial charge in [0.15, 0.2) is 0 Å². The molecule has 3 unspecified atom stereocenters. The summed E-state index contributed by atoms with van der Waals surface area (Å²) in [6.45, 7) is 6.00. The van der Waals surface area contributed by atoms with Gasteiger partial charge < -0.3 is 0 Å². The second-order valence-electron chi connectivity index (χ2n) is 8.00. The Morgan fingerprint density at radius 2 is 1.28 bits per heavy atom. The van der Waals surface area contributed by atoms with Crippen LogP contribution in [0.5, 0.6) is 0 Å². The van der Waals surface area contributed by atoms with Crippen LogP contribution in [0.25, 0.3) is 0 Å². The van der Waals surface area contributed by atoms with Crippen LogP contribution in [0.2, 0.25) is 0 Å². The Hall–Kier alpha value is -2.52. The summed E-state index contributed by atoms with van der Waals surface area (Å²) in [4.78, 5) is 13.3. The van der Waals surface area contributed by atoms with E-state index in [1.54, 1.807) is 12.1 Å². The van der Waals surface area contributed by atoms with Gasteiger partial charge in [-0.2, -0.15) is 0 Å². The van der Waals surface area contributed by atoms with Crippen molar-refractivity contribution in [2.24, 2.45) is 5.92 Å². The zero-order valence-electron chi connectivity index (χ0n) is 19.0. The van der Waals surface area contributed by atoms with Gasteiger partial charge >= 0.3 is 192 Å². The van der Waals surface area contributed by atoms with E-state index in [2.05, 4.69) is 0 Å². The molecule has 0 aliphatic rings. The molecule has 0 aliphatic heterocycles. The number of carbonyl (C=O) groups is 1. The second kappa shape index (κ2) is 11.4. The number of rotatable bonds is 10. The molecule has 5 heteroatoms. The SMILES string of the molecule is CCC(O)C(C)C(CC)O[PH](OC(=O)c1ccccc1)(c1ccccc1)c1ccccc1. The van der Waals surface area contributed by atoms with Crippen LogP contribution in [0, 0.1) is 5.92 Å². The fraction of sp³-hybridized carbons (Fsp3) is 0.296. The quantitative estimate of drug-likeness (QED) is 0.426. The molecule has 0 amide bonds. The molecule has 3 aromatic rings. The Labute approximate surface area is 191 Å². The number of benzene rings is 3. The first-order valence-corrected chi connectivity index (χ1v) is 13.1. The van der Waals surface area contributed by atoms with Gasteiger partial charge in [0.1, 0.15) is 0 Å². The number of hydrogen-bond acceptors (Lipinski definition) is 4. The fourth-order valence-corrected chi connectivity index (χ4v) is 7.26. The summed E-state index contributed by atoms with van der Waals surface area (Å²) < 4.78 is 13.3. The standard InChI is InChI=1S/C27H33O4P/c1-4-25(28)21(3)26(5-2)30-32(23-17-11-7-12-18-23,24-19-13-8-14-20-24)31-27(29)22-15-9-6-10-16-22/h6-21,25-26,28,32H,4-5H2,1-3H3. The molecular weight excluding hydrogens is 419 g/mol. The third-order valence-corrected chi connectivity index (χ3v) is 9.18. The van der Waals surface area contributed by atoms with Gasteiger partial charge in [-0.25, -0.2) is 0 Å². The van der Waals surface area contributed by atoms with E-state index in [1.807, 2.05) is 99.6 Å². The van der Waals surface area contributed by atoms with Crippen LogP contribution in [0.3, 0.4) is 0 Å². The molecule has 32 heavy (non-hydrogen) atoms. The summed E-state index contributed by atoms with van der Waals surface area (Å²) in [6.07, 6.45) is 0.551. The van der Waals surface area contributed by atoms with Gasteiger partial charge in [0.2, 0.25) is 0 Å². The van der Waals surface area contributed by atoms with Gasteiger partial charge in [0.05, 0.1) is 0 Å². The molecule has 0 aromatic heterocycles. The minimum atomic E-state index is -3.46. The van der Waals surface area contributed by atoms with Crippen molar-refractivity contribution in [1.29, 1.82) is 0 Å². The van der Waals surface area contributed by atoms with Gasteiger partial charge in [-0.15, -0.1) is 0 Å². The van der Waals surface area contributed by atoms with Crippen molar-refractivity contribution in [3.05, 3.63) is 96.6 Å². The van der Waals surface area contributed by atoms with E-state index in [0.29, 0.717) is 18.4 Å². The first kappa shape index (κ1) is 24.1. The maximum atomic E-state index is 13.3. The van der Waals surface area contributed by atoms with Crippen molar-refractivity contribution in [3.63, 3.8) is 0 Å². The van der Waals surface area contributed by atoms with Crippen molar-refractivity contribution in [1.82, 2.24) is 0 Å². The molecule has 0 fully saturated rings. The molecule has 0 saturated carbocycles. The van der Waals surface area contributed by atoms with Crippen LogP contribution in [0.1, 0.15) is 44.0 Å². The zero-order valence-corrected chi connectivity index (χ0v) is 20.0. The molecule has 0 radical (unpaired) electrons. The summed E-state index contributed by atoms with van der Waals surface area (Å²) >= 11 is 0. The van der Waals surface area contributed by atoms with E-state index >= 15 is 0 Å². The van der Waals surface area contributed by atoms with Crippen LogP contribution in [-0.2, 0) is 9.05 Å². The average Bonchev–Trinajstić information content (AvgIpc) is 2.87. The van der Waals surface area contributed by atoms with E-state index < -0.39 is 19.8 Å². The first-order chi connectivity index (χ1) is 15.5. The van der Waals surface area contributed by atoms with Gasteiger partial charge in [-0.05, 0) is 0 Å². The second-order valence-corrected chi connectivity index (χ2v) is 10.8. The van der Waals surface area contributed by atoms with Crippen molar-refractivity contribution >= 4 is 24.3 Å². The van der Waals surface area contributed by atoms with Crippen LogP contribution >= 0.6 is 7.72 Å². The summed E-state index contributed by atoms with van der Waals surface area (Å²) in [5.74, 6) is -0.525. The molecular formula is C27H33O4P. The monoisotopic (exact) mass is 452 g/mol. The third kappa shape index (κ3) is 5.45. The van der Waals surface area contributed by atoms with Crippen molar-refractivity contribution < 1.29 is 18.9 Å². The van der Waals surface area contributed by atoms with Gasteiger partial charge in [0.25, 0.3) is 0 Å². The third-order valence-electron chi connectivity index (χ3n) is 5.88. The van der Waals surface area contributed by atoms with Gasteiger partial charge in [0, 0.05) is 0 Å². The van der Waals surface area contributed by atoms with E-state index in [0.717, 1.165) is 10.6 Å². The maximum absolute atomic E-state index is 13.3. The van der Waals surface area contributed by atoms with Crippen LogP contribution in [-0.4, -0.2) is 23.3 Å². The Morgan fingerprint density at radius 3 is 1.72 bits per heavy atom. The Kier molecular flexibility index (Phi) is 8.58. The Balaban J connectivity index is 2.14. The molecule has 0 bridgehead atoms. The fourth-order valence-electron chi connectivity index (χ4n) is 3.92. The number of hydrogen-bond donors (Lipinski definition) is 1. The Morgan fingerprint density at radius 1 is 0.812 bits per heavy atom. The summed E-state index contributed by atoms with van der Waals surface area (Å²) in [7, 11) is -3.46. The summed E-state index contributed by atoms with van der Waals surface area (Å²) in [5.41, 5.74) is 0.481. The number of aliphatic hydroxyl groups is 1. The summed E-state index contributed by atoms with van der Waals surface area (Å²) in [5, 5.41) is 12.3. The molecule has 3 aromatic carbocycles. The Bertz CT molecular complexity index is 923. The molecule has 3 atom stereocenters. The molecule has 0 aliphatic carbocycles. The number of carbonyl (C=O) groups excluding carboxylic acids is 1. The van der Waals surface area contributed by atoms with Crippen LogP contribution in [0.4, 0.5) is 0 Å². The van der Waals surface area contributed by atoms with Crippen LogP contribution < -0.4 is 10.6 Å². The summed E-state index contributed by atoms with van der Waals surface area (Å²) in [6, 6.07) is 28.5. The predicted molar refractivity (Wildman–Crippen MR) is 133 cm³/mol. The molecule has 0 saturated heterocycles. The first-order valence-electron chi connectivity index (χ1n) is 11.3. The minimum absolute atomic E-state index is 0.111. The van der Waals surface area contributed by atoms with Gasteiger partial charge in [-0.3, -0.25) is 0 Å². The van der Waals surface area contributed by atoms with Crippen molar-refractivity contribution in [2.75, 3.05) is 0 Å². The average molecular weight is 453 g/mol. The molecule has 0 heterocycles. The predicted octanol–water partition coefficient (Wildman–Crippen LogP) is 5.28. The molecule has 3 rings (SSSR count). The van der Waals surface area contributed by atoms with Crippen molar-refractivity contribution in [3.8, 4) is 0 Å². The zero-order chi connectivity index (χ0) is 23.0. The molecule has 0 spiro atoms.